The second kappa shape index (κ2) is 5.81. The van der Waals surface area contributed by atoms with E-state index in [1.807, 2.05) is 18.2 Å². The van der Waals surface area contributed by atoms with Gasteiger partial charge in [0, 0.05) is 14.1 Å². The number of hydrogen-bond donors (Lipinski definition) is 2. The van der Waals surface area contributed by atoms with E-state index in [0.717, 1.165) is 5.69 Å². The lowest BCUT2D eigenvalue weighted by Gasteiger charge is -2.27. The molecule has 2 N–H and O–H groups in total. The highest BCUT2D eigenvalue weighted by molar-refractivity contribution is 5.89. The number of carbonyl (C=O) groups is 2. The van der Waals surface area contributed by atoms with Crippen LogP contribution in [0.5, 0.6) is 5.75 Å². The molecule has 2 amide bonds. The van der Waals surface area contributed by atoms with Crippen molar-refractivity contribution in [1.82, 2.24) is 10.2 Å². The van der Waals surface area contributed by atoms with Crippen LogP contribution in [0.3, 0.4) is 0 Å². The summed E-state index contributed by atoms with van der Waals surface area (Å²) >= 11 is 0. The molecular weight excluding hydrogens is 258 g/mol. The molecule has 1 aliphatic heterocycles. The third-order valence-electron chi connectivity index (χ3n) is 3.10. The molecule has 0 saturated heterocycles. The molecular formula is C14H19N3O3. The molecule has 1 heterocycles. The molecule has 2 atom stereocenters. The Bertz CT molecular complexity index is 516. The quantitative estimate of drug-likeness (QED) is 0.841. The zero-order valence-corrected chi connectivity index (χ0v) is 11.8. The molecule has 2 unspecified atom stereocenters. The second-order valence-electron chi connectivity index (χ2n) is 4.95. The average Bonchev–Trinajstić information content (AvgIpc) is 2.45. The Balaban J connectivity index is 1.97. The fourth-order valence-corrected chi connectivity index (χ4v) is 2.01. The number of nitrogens with zero attached hydrogens (tertiary/aromatic N) is 1. The van der Waals surface area contributed by atoms with Crippen LogP contribution in [0.25, 0.3) is 0 Å². The predicted octanol–water partition coefficient (Wildman–Crippen LogP) is 0.452. The van der Waals surface area contributed by atoms with Crippen LogP contribution in [-0.2, 0) is 9.59 Å². The molecule has 2 rings (SSSR count). The van der Waals surface area contributed by atoms with Gasteiger partial charge in [0.25, 0.3) is 5.91 Å². The first-order chi connectivity index (χ1) is 9.49. The largest absolute Gasteiger partial charge is 0.477 e. The lowest BCUT2D eigenvalue weighted by molar-refractivity contribution is -0.136. The summed E-state index contributed by atoms with van der Waals surface area (Å²) in [4.78, 5) is 25.3. The number of anilines is 1. The van der Waals surface area contributed by atoms with Crippen molar-refractivity contribution in [3.63, 3.8) is 0 Å². The molecule has 6 nitrogen and oxygen atoms in total. The van der Waals surface area contributed by atoms with Gasteiger partial charge in [0.1, 0.15) is 11.8 Å². The fourth-order valence-electron chi connectivity index (χ4n) is 2.01. The average molecular weight is 277 g/mol. The molecule has 1 aliphatic rings. The summed E-state index contributed by atoms with van der Waals surface area (Å²) in [6.07, 6.45) is -0.637. The molecule has 0 bridgehead atoms. The molecule has 1 aromatic carbocycles. The number of likely N-dealkylation sites (N-methyl/N-ethyl adjacent to an activating group) is 1. The van der Waals surface area contributed by atoms with Gasteiger partial charge >= 0.3 is 0 Å². The van der Waals surface area contributed by atoms with Crippen LogP contribution < -0.4 is 15.4 Å². The van der Waals surface area contributed by atoms with E-state index in [1.54, 1.807) is 27.1 Å². The van der Waals surface area contributed by atoms with Crippen molar-refractivity contribution >= 4 is 17.5 Å². The van der Waals surface area contributed by atoms with Crippen LogP contribution in [0, 0.1) is 0 Å². The van der Waals surface area contributed by atoms with Gasteiger partial charge in [-0.05, 0) is 19.1 Å². The van der Waals surface area contributed by atoms with Gasteiger partial charge in [-0.3, -0.25) is 9.59 Å². The molecule has 20 heavy (non-hydrogen) atoms. The van der Waals surface area contributed by atoms with Gasteiger partial charge in [-0.25, -0.2) is 0 Å². The first kappa shape index (κ1) is 14.2. The fraction of sp³-hybridized carbons (Fsp3) is 0.429. The normalized spacial score (nSPS) is 18.1. The van der Waals surface area contributed by atoms with E-state index >= 15 is 0 Å². The maximum absolute atomic E-state index is 12.1. The molecule has 108 valence electrons. The van der Waals surface area contributed by atoms with Crippen molar-refractivity contribution in [2.45, 2.75) is 19.1 Å². The van der Waals surface area contributed by atoms with E-state index in [-0.39, 0.29) is 11.8 Å². The smallest absolute Gasteiger partial charge is 0.263 e. The Kier molecular flexibility index (Phi) is 4.12. The van der Waals surface area contributed by atoms with Crippen molar-refractivity contribution in [2.24, 2.45) is 0 Å². The third-order valence-corrected chi connectivity index (χ3v) is 3.10. The topological polar surface area (TPSA) is 70.7 Å². The molecule has 0 radical (unpaired) electrons. The van der Waals surface area contributed by atoms with Crippen LogP contribution >= 0.6 is 0 Å². The molecule has 6 heteroatoms. The van der Waals surface area contributed by atoms with Gasteiger partial charge < -0.3 is 20.3 Å². The summed E-state index contributed by atoms with van der Waals surface area (Å²) in [6, 6.07) is 6.86. The number of hydrogen-bond acceptors (Lipinski definition) is 4. The number of fused-ring (bicyclic) bond motifs is 1. The van der Waals surface area contributed by atoms with E-state index < -0.39 is 12.1 Å². The lowest BCUT2D eigenvalue weighted by Crippen LogP contribution is -2.51. The second-order valence-corrected chi connectivity index (χ2v) is 4.95. The summed E-state index contributed by atoms with van der Waals surface area (Å²) in [5.74, 6) is 0.197. The number of ether oxygens (including phenoxy) is 1. The Morgan fingerprint density at radius 2 is 2.10 bits per heavy atom. The Morgan fingerprint density at radius 3 is 2.80 bits per heavy atom. The van der Waals surface area contributed by atoms with Crippen LogP contribution in [-0.4, -0.2) is 49.5 Å². The van der Waals surface area contributed by atoms with Crippen LogP contribution in [0.1, 0.15) is 6.92 Å². The summed E-state index contributed by atoms with van der Waals surface area (Å²) in [5, 5.41) is 5.80. The zero-order valence-electron chi connectivity index (χ0n) is 11.8. The van der Waals surface area contributed by atoms with Gasteiger partial charge in [-0.15, -0.1) is 0 Å². The summed E-state index contributed by atoms with van der Waals surface area (Å²) < 4.78 is 5.64. The van der Waals surface area contributed by atoms with Crippen molar-refractivity contribution in [3.05, 3.63) is 24.3 Å². The number of carbonyl (C=O) groups excluding carboxylic acids is 2. The van der Waals surface area contributed by atoms with E-state index in [9.17, 15) is 9.59 Å². The van der Waals surface area contributed by atoms with E-state index in [4.69, 9.17) is 4.74 Å². The van der Waals surface area contributed by atoms with Crippen LogP contribution in [0.4, 0.5) is 5.69 Å². The Labute approximate surface area is 118 Å². The summed E-state index contributed by atoms with van der Waals surface area (Å²) in [7, 11) is 3.31. The first-order valence-corrected chi connectivity index (χ1v) is 6.50. The summed E-state index contributed by atoms with van der Waals surface area (Å²) in [6.45, 7) is 2.04. The number of amides is 2. The SMILES string of the molecule is CC(NC(=O)C1CNc2ccccc2O1)C(=O)N(C)C. The Morgan fingerprint density at radius 1 is 1.40 bits per heavy atom. The monoisotopic (exact) mass is 277 g/mol. The maximum Gasteiger partial charge on any atom is 0.263 e. The first-order valence-electron chi connectivity index (χ1n) is 6.50. The maximum atomic E-state index is 12.1. The van der Waals surface area contributed by atoms with Crippen molar-refractivity contribution in [2.75, 3.05) is 26.0 Å². The van der Waals surface area contributed by atoms with E-state index in [1.165, 1.54) is 4.90 Å². The summed E-state index contributed by atoms with van der Waals surface area (Å²) in [5.41, 5.74) is 0.869. The number of benzene rings is 1. The highest BCUT2D eigenvalue weighted by Gasteiger charge is 2.28. The molecule has 0 saturated carbocycles. The minimum absolute atomic E-state index is 0.150. The van der Waals surface area contributed by atoms with Gasteiger partial charge in [0.15, 0.2) is 6.10 Å². The van der Waals surface area contributed by atoms with Gasteiger partial charge in [-0.2, -0.15) is 0 Å². The molecule has 1 aromatic rings. The third kappa shape index (κ3) is 3.01. The highest BCUT2D eigenvalue weighted by atomic mass is 16.5. The van der Waals surface area contributed by atoms with Gasteiger partial charge in [0.2, 0.25) is 5.91 Å². The lowest BCUT2D eigenvalue weighted by atomic mass is 10.2. The number of para-hydroxylation sites is 2. The Hall–Kier alpha value is -2.24. The molecule has 0 fully saturated rings. The number of rotatable bonds is 3. The predicted molar refractivity (Wildman–Crippen MR) is 75.6 cm³/mol. The van der Waals surface area contributed by atoms with Gasteiger partial charge in [-0.1, -0.05) is 12.1 Å². The minimum Gasteiger partial charge on any atom is -0.477 e. The standard InChI is InChI=1S/C14H19N3O3/c1-9(14(19)17(2)3)16-13(18)12-8-15-10-6-4-5-7-11(10)20-12/h4-7,9,12,15H,8H2,1-3H3,(H,16,18). The van der Waals surface area contributed by atoms with Crippen LogP contribution in [0.15, 0.2) is 24.3 Å². The van der Waals surface area contributed by atoms with Crippen molar-refractivity contribution in [1.29, 1.82) is 0 Å². The van der Waals surface area contributed by atoms with E-state index in [0.29, 0.717) is 12.3 Å². The van der Waals surface area contributed by atoms with Crippen molar-refractivity contribution in [3.8, 4) is 5.75 Å². The van der Waals surface area contributed by atoms with E-state index in [2.05, 4.69) is 10.6 Å². The molecule has 0 aromatic heterocycles. The number of nitrogens with one attached hydrogen (secondary N) is 2. The molecule has 0 spiro atoms. The molecule has 0 aliphatic carbocycles. The highest BCUT2D eigenvalue weighted by Crippen LogP contribution is 2.28. The van der Waals surface area contributed by atoms with Crippen molar-refractivity contribution < 1.29 is 14.3 Å². The van der Waals surface area contributed by atoms with Gasteiger partial charge in [0.05, 0.1) is 12.2 Å². The van der Waals surface area contributed by atoms with Crippen LogP contribution in [0.2, 0.25) is 0 Å². The minimum atomic E-state index is -0.637. The zero-order chi connectivity index (χ0) is 14.7.